The molecule has 4 aromatic rings. The maximum absolute atomic E-state index is 15.9. The van der Waals surface area contributed by atoms with Crippen molar-refractivity contribution in [3.63, 3.8) is 0 Å². The van der Waals surface area contributed by atoms with Crippen LogP contribution < -0.4 is 4.90 Å². The normalized spacial score (nSPS) is 14.3. The molecule has 1 aliphatic rings. The highest BCUT2D eigenvalue weighted by atomic mass is 35.5. The van der Waals surface area contributed by atoms with Crippen LogP contribution >= 0.6 is 11.6 Å². The summed E-state index contributed by atoms with van der Waals surface area (Å²) in [5, 5.41) is 8.73. The molecule has 1 fully saturated rings. The van der Waals surface area contributed by atoms with E-state index in [0.29, 0.717) is 42.9 Å². The lowest BCUT2D eigenvalue weighted by molar-refractivity contribution is -0.126. The van der Waals surface area contributed by atoms with E-state index >= 15 is 4.39 Å². The van der Waals surface area contributed by atoms with Gasteiger partial charge in [0.2, 0.25) is 5.91 Å². The fourth-order valence-electron chi connectivity index (χ4n) is 4.30. The molecule has 32 heavy (non-hydrogen) atoms. The number of aryl methyl sites for hydroxylation is 1. The van der Waals surface area contributed by atoms with Crippen LogP contribution in [0.25, 0.3) is 32.9 Å². The average Bonchev–Trinajstić information content (AvgIpc) is 3.28. The highest BCUT2D eigenvalue weighted by molar-refractivity contribution is 6.35. The van der Waals surface area contributed by atoms with Gasteiger partial charge in [-0.05, 0) is 24.6 Å². The van der Waals surface area contributed by atoms with Crippen molar-refractivity contribution in [2.45, 2.75) is 6.92 Å². The maximum atomic E-state index is 15.9. The van der Waals surface area contributed by atoms with Crippen molar-refractivity contribution in [1.82, 2.24) is 25.1 Å². The van der Waals surface area contributed by atoms with Crippen LogP contribution in [-0.2, 0) is 4.79 Å². The van der Waals surface area contributed by atoms with Crippen molar-refractivity contribution < 1.29 is 9.18 Å². The molecule has 9 heteroatoms. The molecule has 3 heterocycles. The van der Waals surface area contributed by atoms with E-state index in [2.05, 4.69) is 26.7 Å². The van der Waals surface area contributed by atoms with Gasteiger partial charge in [-0.25, -0.2) is 14.4 Å². The number of H-pyrrole nitrogens is 1. The largest absolute Gasteiger partial charge is 0.352 e. The quantitative estimate of drug-likeness (QED) is 0.475. The number of nitrogens with one attached hydrogen (secondary N) is 1. The van der Waals surface area contributed by atoms with Crippen LogP contribution in [0.15, 0.2) is 43.4 Å². The number of hydrogen-bond donors (Lipinski definition) is 1. The summed E-state index contributed by atoms with van der Waals surface area (Å²) in [4.78, 5) is 24.3. The van der Waals surface area contributed by atoms with E-state index in [1.807, 2.05) is 24.0 Å². The van der Waals surface area contributed by atoms with Gasteiger partial charge in [0, 0.05) is 48.1 Å². The van der Waals surface area contributed by atoms with Gasteiger partial charge in [-0.3, -0.25) is 9.89 Å². The number of nitrogens with zero attached hydrogens (tertiary/aromatic N) is 5. The van der Waals surface area contributed by atoms with E-state index in [-0.39, 0.29) is 22.0 Å². The molecule has 0 spiro atoms. The number of fused-ring (bicyclic) bond motifs is 2. The van der Waals surface area contributed by atoms with Gasteiger partial charge in [0.25, 0.3) is 0 Å². The maximum Gasteiger partial charge on any atom is 0.246 e. The topological polar surface area (TPSA) is 78.0 Å². The molecule has 0 atom stereocenters. The summed E-state index contributed by atoms with van der Waals surface area (Å²) in [5.41, 5.74) is 2.76. The Labute approximate surface area is 188 Å². The Morgan fingerprint density at radius 2 is 2.00 bits per heavy atom. The van der Waals surface area contributed by atoms with Gasteiger partial charge >= 0.3 is 0 Å². The van der Waals surface area contributed by atoms with Crippen molar-refractivity contribution >= 4 is 45.1 Å². The molecule has 1 aliphatic heterocycles. The first-order valence-corrected chi connectivity index (χ1v) is 10.6. The van der Waals surface area contributed by atoms with Crippen molar-refractivity contribution in [1.29, 1.82) is 0 Å². The molecule has 0 radical (unpaired) electrons. The second-order valence-electron chi connectivity index (χ2n) is 7.75. The summed E-state index contributed by atoms with van der Waals surface area (Å²) in [6.07, 6.45) is 4.38. The van der Waals surface area contributed by atoms with Gasteiger partial charge in [-0.15, -0.1) is 0 Å². The first-order valence-electron chi connectivity index (χ1n) is 10.2. The van der Waals surface area contributed by atoms with Gasteiger partial charge < -0.3 is 9.80 Å². The number of amides is 1. The SMILES string of the molecule is C=CC(=O)N1CCN(c2ncnc3c(F)c(-c4c(C)ccc5cn[nH]c45)c(Cl)cc23)CC1. The Kier molecular flexibility index (Phi) is 5.01. The Bertz CT molecular complexity index is 1380. The fraction of sp³-hybridized carbons (Fsp3) is 0.217. The number of benzene rings is 2. The number of aromatic amines is 1. The number of aromatic nitrogens is 4. The third-order valence-electron chi connectivity index (χ3n) is 5.94. The van der Waals surface area contributed by atoms with E-state index in [4.69, 9.17) is 11.6 Å². The van der Waals surface area contributed by atoms with E-state index < -0.39 is 5.82 Å². The molecular weight excluding hydrogens is 431 g/mol. The van der Waals surface area contributed by atoms with Crippen molar-refractivity contribution in [2.75, 3.05) is 31.1 Å². The summed E-state index contributed by atoms with van der Waals surface area (Å²) in [6, 6.07) is 5.57. The first-order chi connectivity index (χ1) is 15.5. The lowest BCUT2D eigenvalue weighted by atomic mass is 9.96. The van der Waals surface area contributed by atoms with Crippen molar-refractivity contribution in [3.8, 4) is 11.1 Å². The predicted octanol–water partition coefficient (Wildman–Crippen LogP) is 4.11. The second kappa shape index (κ2) is 7.87. The molecule has 7 nitrogen and oxygen atoms in total. The van der Waals surface area contributed by atoms with E-state index in [1.165, 1.54) is 12.4 Å². The minimum atomic E-state index is -0.498. The smallest absolute Gasteiger partial charge is 0.246 e. The minimum absolute atomic E-state index is 0.0979. The van der Waals surface area contributed by atoms with Gasteiger partial charge in [-0.1, -0.05) is 30.3 Å². The third-order valence-corrected chi connectivity index (χ3v) is 6.24. The Morgan fingerprint density at radius 3 is 2.75 bits per heavy atom. The molecule has 2 aromatic carbocycles. The molecular formula is C23H20ClFN6O. The number of anilines is 1. The van der Waals surface area contributed by atoms with Crippen LogP contribution in [0.2, 0.25) is 5.02 Å². The summed E-state index contributed by atoms with van der Waals surface area (Å²) >= 11 is 6.66. The fourth-order valence-corrected chi connectivity index (χ4v) is 4.59. The van der Waals surface area contributed by atoms with Crippen molar-refractivity contribution in [2.24, 2.45) is 0 Å². The lowest BCUT2D eigenvalue weighted by Crippen LogP contribution is -2.48. The molecule has 0 bridgehead atoms. The van der Waals surface area contributed by atoms with Crippen LogP contribution in [0, 0.1) is 12.7 Å². The van der Waals surface area contributed by atoms with Crippen LogP contribution in [0.3, 0.4) is 0 Å². The molecule has 2 aromatic heterocycles. The number of carbonyl (C=O) groups is 1. The first kappa shape index (κ1) is 20.4. The predicted molar refractivity (Wildman–Crippen MR) is 123 cm³/mol. The summed E-state index contributed by atoms with van der Waals surface area (Å²) < 4.78 is 15.9. The molecule has 5 rings (SSSR count). The molecule has 1 N–H and O–H groups in total. The van der Waals surface area contributed by atoms with Crippen molar-refractivity contribution in [3.05, 3.63) is 59.8 Å². The van der Waals surface area contributed by atoms with Crippen LogP contribution in [0.1, 0.15) is 5.56 Å². The molecule has 0 saturated carbocycles. The number of hydrogen-bond acceptors (Lipinski definition) is 5. The average molecular weight is 451 g/mol. The number of carbonyl (C=O) groups excluding carboxylic acids is 1. The zero-order valence-electron chi connectivity index (χ0n) is 17.4. The Morgan fingerprint density at radius 1 is 1.22 bits per heavy atom. The Balaban J connectivity index is 1.62. The molecule has 162 valence electrons. The third kappa shape index (κ3) is 3.18. The molecule has 0 unspecified atom stereocenters. The molecule has 1 saturated heterocycles. The molecule has 1 amide bonds. The standard InChI is InChI=1S/C23H20ClFN6O/c1-3-17(32)30-6-8-31(9-7-30)23-15-10-16(24)19(20(25)22(15)26-12-27-23)18-13(2)4-5-14-11-28-29-21(14)18/h3-5,10-12H,1,6-9H2,2H3,(H,28,29). The van der Waals surface area contributed by atoms with Gasteiger partial charge in [0.1, 0.15) is 17.7 Å². The van der Waals surface area contributed by atoms with Crippen LogP contribution in [0.5, 0.6) is 0 Å². The monoisotopic (exact) mass is 450 g/mol. The van der Waals surface area contributed by atoms with Gasteiger partial charge in [-0.2, -0.15) is 5.10 Å². The summed E-state index contributed by atoms with van der Waals surface area (Å²) in [7, 11) is 0. The number of halogens is 2. The summed E-state index contributed by atoms with van der Waals surface area (Å²) in [6.45, 7) is 7.65. The Hall–Kier alpha value is -3.52. The van der Waals surface area contributed by atoms with Gasteiger partial charge in [0.15, 0.2) is 5.82 Å². The lowest BCUT2D eigenvalue weighted by Gasteiger charge is -2.35. The second-order valence-corrected chi connectivity index (χ2v) is 8.16. The zero-order valence-corrected chi connectivity index (χ0v) is 18.2. The minimum Gasteiger partial charge on any atom is -0.352 e. The van der Waals surface area contributed by atoms with Gasteiger partial charge in [0.05, 0.1) is 16.7 Å². The van der Waals surface area contributed by atoms with Crippen LogP contribution in [-0.4, -0.2) is 57.2 Å². The van der Waals surface area contributed by atoms with Crippen LogP contribution in [0.4, 0.5) is 10.2 Å². The summed E-state index contributed by atoms with van der Waals surface area (Å²) in [5.74, 6) is 0.00521. The number of rotatable bonds is 3. The number of piperazine rings is 1. The van der Waals surface area contributed by atoms with E-state index in [0.717, 1.165) is 16.5 Å². The highest BCUT2D eigenvalue weighted by Crippen LogP contribution is 2.41. The van der Waals surface area contributed by atoms with E-state index in [9.17, 15) is 4.79 Å². The molecule has 0 aliphatic carbocycles. The zero-order chi connectivity index (χ0) is 22.4. The van der Waals surface area contributed by atoms with E-state index in [1.54, 1.807) is 17.2 Å². The highest BCUT2D eigenvalue weighted by Gasteiger charge is 2.25.